The molecule has 140 valence electrons. The van der Waals surface area contributed by atoms with E-state index in [9.17, 15) is 9.90 Å². The first kappa shape index (κ1) is 19.1. The van der Waals surface area contributed by atoms with Gasteiger partial charge < -0.3 is 10.4 Å². The molecule has 1 fully saturated rings. The molecule has 0 saturated carbocycles. The second kappa shape index (κ2) is 9.86. The molecular formula is C21H28N2O2S. The number of hydrogen-bond donors (Lipinski definition) is 2. The van der Waals surface area contributed by atoms with E-state index in [0.717, 1.165) is 24.9 Å². The Morgan fingerprint density at radius 3 is 2.81 bits per heavy atom. The van der Waals surface area contributed by atoms with Crippen molar-refractivity contribution in [3.8, 4) is 0 Å². The van der Waals surface area contributed by atoms with Crippen LogP contribution in [0.25, 0.3) is 0 Å². The summed E-state index contributed by atoms with van der Waals surface area (Å²) in [6.07, 6.45) is 4.74. The van der Waals surface area contributed by atoms with Crippen LogP contribution in [-0.2, 0) is 11.3 Å². The second-order valence-electron chi connectivity index (χ2n) is 6.99. The van der Waals surface area contributed by atoms with Crippen LogP contribution in [0, 0.1) is 0 Å². The Morgan fingerprint density at radius 1 is 1.19 bits per heavy atom. The highest BCUT2D eigenvalue weighted by molar-refractivity contribution is 7.09. The van der Waals surface area contributed by atoms with Gasteiger partial charge in [-0.2, -0.15) is 0 Å². The molecule has 1 aromatic carbocycles. The van der Waals surface area contributed by atoms with Crippen molar-refractivity contribution >= 4 is 17.2 Å². The van der Waals surface area contributed by atoms with E-state index in [1.807, 2.05) is 47.8 Å². The number of amides is 1. The molecule has 26 heavy (non-hydrogen) atoms. The van der Waals surface area contributed by atoms with E-state index in [0.29, 0.717) is 19.5 Å². The third kappa shape index (κ3) is 5.66. The third-order valence-corrected chi connectivity index (χ3v) is 5.94. The highest BCUT2D eigenvalue weighted by Gasteiger charge is 2.25. The molecule has 1 aliphatic rings. The van der Waals surface area contributed by atoms with Gasteiger partial charge in [0.25, 0.3) is 0 Å². The monoisotopic (exact) mass is 372 g/mol. The summed E-state index contributed by atoms with van der Waals surface area (Å²) in [5, 5.41) is 15.7. The molecule has 5 heteroatoms. The molecule has 0 radical (unpaired) electrons. The Labute approximate surface area is 159 Å². The van der Waals surface area contributed by atoms with Gasteiger partial charge in [-0.1, -0.05) is 49.2 Å². The fourth-order valence-corrected chi connectivity index (χ4v) is 4.26. The van der Waals surface area contributed by atoms with Gasteiger partial charge in [-0.25, -0.2) is 0 Å². The first-order valence-electron chi connectivity index (χ1n) is 9.48. The van der Waals surface area contributed by atoms with Crippen molar-refractivity contribution in [2.45, 2.75) is 50.8 Å². The first-order valence-corrected chi connectivity index (χ1v) is 10.4. The maximum absolute atomic E-state index is 12.4. The van der Waals surface area contributed by atoms with Crippen molar-refractivity contribution in [1.29, 1.82) is 0 Å². The number of nitrogens with zero attached hydrogens (tertiary/aromatic N) is 1. The molecule has 1 aliphatic heterocycles. The van der Waals surface area contributed by atoms with Gasteiger partial charge in [-0.05, 0) is 42.8 Å². The summed E-state index contributed by atoms with van der Waals surface area (Å²) >= 11 is 1.66. The van der Waals surface area contributed by atoms with Crippen molar-refractivity contribution in [3.05, 3.63) is 58.3 Å². The highest BCUT2D eigenvalue weighted by Crippen LogP contribution is 2.26. The molecule has 3 rings (SSSR count). The van der Waals surface area contributed by atoms with Crippen LogP contribution in [0.4, 0.5) is 0 Å². The number of benzene rings is 1. The topological polar surface area (TPSA) is 52.6 Å². The summed E-state index contributed by atoms with van der Waals surface area (Å²) in [6, 6.07) is 14.1. The Kier molecular flexibility index (Phi) is 7.23. The molecule has 1 saturated heterocycles. The fraction of sp³-hybridized carbons (Fsp3) is 0.476. The lowest BCUT2D eigenvalue weighted by Gasteiger charge is -2.31. The normalized spacial score (nSPS) is 19.7. The van der Waals surface area contributed by atoms with Crippen LogP contribution in [0.15, 0.2) is 47.8 Å². The summed E-state index contributed by atoms with van der Waals surface area (Å²) in [7, 11) is 0. The van der Waals surface area contributed by atoms with Gasteiger partial charge in [-0.15, -0.1) is 11.3 Å². The minimum absolute atomic E-state index is 0.0690. The van der Waals surface area contributed by atoms with E-state index >= 15 is 0 Å². The van der Waals surface area contributed by atoms with E-state index in [2.05, 4.69) is 10.2 Å². The number of carbonyl (C=O) groups excluding carboxylic acids is 1. The smallest absolute Gasteiger partial charge is 0.234 e. The third-order valence-electron chi connectivity index (χ3n) is 5.07. The number of carbonyl (C=O) groups is 1. The van der Waals surface area contributed by atoms with E-state index < -0.39 is 6.10 Å². The molecule has 0 bridgehead atoms. The number of thiophene rings is 1. The Bertz CT molecular complexity index is 660. The summed E-state index contributed by atoms with van der Waals surface area (Å²) in [4.78, 5) is 15.8. The van der Waals surface area contributed by atoms with Gasteiger partial charge >= 0.3 is 0 Å². The SMILES string of the molecule is O=C(CN1CCCCC[C@H]1C[C@@H](O)c1ccccc1)NCc1cccs1. The van der Waals surface area contributed by atoms with Crippen LogP contribution in [0.5, 0.6) is 0 Å². The molecule has 2 aromatic rings. The molecule has 0 unspecified atom stereocenters. The number of hydrogen-bond acceptors (Lipinski definition) is 4. The van der Waals surface area contributed by atoms with Crippen molar-refractivity contribution in [2.75, 3.05) is 13.1 Å². The van der Waals surface area contributed by atoms with Gasteiger partial charge in [0.15, 0.2) is 0 Å². The zero-order valence-electron chi connectivity index (χ0n) is 15.1. The first-order chi connectivity index (χ1) is 12.7. The fourth-order valence-electron chi connectivity index (χ4n) is 3.62. The highest BCUT2D eigenvalue weighted by atomic mass is 32.1. The van der Waals surface area contributed by atoms with Crippen LogP contribution in [0.1, 0.15) is 48.6 Å². The molecule has 1 aromatic heterocycles. The van der Waals surface area contributed by atoms with Gasteiger partial charge in [-0.3, -0.25) is 9.69 Å². The quantitative estimate of drug-likeness (QED) is 0.779. The summed E-state index contributed by atoms with van der Waals surface area (Å²) < 4.78 is 0. The summed E-state index contributed by atoms with van der Waals surface area (Å²) in [5.74, 6) is 0.0690. The second-order valence-corrected chi connectivity index (χ2v) is 8.02. The van der Waals surface area contributed by atoms with Crippen LogP contribution in [-0.4, -0.2) is 35.0 Å². The minimum Gasteiger partial charge on any atom is -0.388 e. The Balaban J connectivity index is 1.56. The average Bonchev–Trinajstić information content (AvgIpc) is 3.10. The van der Waals surface area contributed by atoms with Crippen LogP contribution < -0.4 is 5.32 Å². The minimum atomic E-state index is -0.476. The zero-order valence-corrected chi connectivity index (χ0v) is 16.0. The van der Waals surface area contributed by atoms with Crippen LogP contribution in [0.3, 0.4) is 0 Å². The lowest BCUT2D eigenvalue weighted by molar-refractivity contribution is -0.123. The van der Waals surface area contributed by atoms with E-state index in [-0.39, 0.29) is 11.9 Å². The van der Waals surface area contributed by atoms with Crippen molar-refractivity contribution in [3.63, 3.8) is 0 Å². The molecular weight excluding hydrogens is 344 g/mol. The molecule has 2 N–H and O–H groups in total. The van der Waals surface area contributed by atoms with Gasteiger partial charge in [0.05, 0.1) is 19.2 Å². The van der Waals surface area contributed by atoms with Crippen molar-refractivity contribution < 1.29 is 9.90 Å². The molecule has 0 spiro atoms. The van der Waals surface area contributed by atoms with Crippen molar-refractivity contribution in [2.24, 2.45) is 0 Å². The molecule has 0 aliphatic carbocycles. The number of rotatable bonds is 7. The molecule has 2 heterocycles. The Hall–Kier alpha value is -1.69. The summed E-state index contributed by atoms with van der Waals surface area (Å²) in [6.45, 7) is 1.94. The van der Waals surface area contributed by atoms with Crippen LogP contribution in [0.2, 0.25) is 0 Å². The van der Waals surface area contributed by atoms with E-state index in [4.69, 9.17) is 0 Å². The summed E-state index contributed by atoms with van der Waals surface area (Å²) in [5.41, 5.74) is 0.957. The molecule has 1 amide bonds. The maximum Gasteiger partial charge on any atom is 0.234 e. The standard InChI is InChI=1S/C21H28N2O2S/c24-20(17-8-3-1-4-9-17)14-18-10-5-2-6-12-23(18)16-21(25)22-15-19-11-7-13-26-19/h1,3-4,7-9,11,13,18,20,24H,2,5-6,10,12,14-16H2,(H,22,25)/t18-,20+/m0/s1. The van der Waals surface area contributed by atoms with E-state index in [1.165, 1.54) is 17.7 Å². The lowest BCUT2D eigenvalue weighted by Crippen LogP contribution is -2.43. The number of aliphatic hydroxyl groups is 1. The van der Waals surface area contributed by atoms with Crippen molar-refractivity contribution in [1.82, 2.24) is 10.2 Å². The number of aliphatic hydroxyl groups excluding tert-OH is 1. The van der Waals surface area contributed by atoms with Crippen LogP contribution >= 0.6 is 11.3 Å². The van der Waals surface area contributed by atoms with Gasteiger partial charge in [0, 0.05) is 10.9 Å². The lowest BCUT2D eigenvalue weighted by atomic mass is 9.98. The molecule has 2 atom stereocenters. The zero-order chi connectivity index (χ0) is 18.2. The Morgan fingerprint density at radius 2 is 2.04 bits per heavy atom. The average molecular weight is 373 g/mol. The van der Waals surface area contributed by atoms with Gasteiger partial charge in [0.1, 0.15) is 0 Å². The predicted molar refractivity (Wildman–Crippen MR) is 106 cm³/mol. The predicted octanol–water partition coefficient (Wildman–Crippen LogP) is 3.73. The maximum atomic E-state index is 12.4. The largest absolute Gasteiger partial charge is 0.388 e. The molecule has 4 nitrogen and oxygen atoms in total. The van der Waals surface area contributed by atoms with E-state index in [1.54, 1.807) is 11.3 Å². The number of likely N-dealkylation sites (tertiary alicyclic amines) is 1. The van der Waals surface area contributed by atoms with Gasteiger partial charge in [0.2, 0.25) is 5.91 Å². The number of nitrogens with one attached hydrogen (secondary N) is 1.